The zero-order chi connectivity index (χ0) is 9.42. The van der Waals surface area contributed by atoms with Crippen molar-refractivity contribution in [3.63, 3.8) is 0 Å². The van der Waals surface area contributed by atoms with Gasteiger partial charge >= 0.3 is 95.8 Å². The molecule has 5 heteroatoms. The van der Waals surface area contributed by atoms with Crippen LogP contribution in [0.5, 0.6) is 0 Å². The van der Waals surface area contributed by atoms with Crippen molar-refractivity contribution < 1.29 is 57.7 Å². The zero-order valence-corrected chi connectivity index (χ0v) is 15.6. The van der Waals surface area contributed by atoms with Gasteiger partial charge in [-0.3, -0.25) is 0 Å². The Morgan fingerprint density at radius 2 is 1.75 bits per heavy atom. The van der Waals surface area contributed by atoms with E-state index in [1.807, 2.05) is 5.57 Å². The van der Waals surface area contributed by atoms with Crippen molar-refractivity contribution in [3.8, 4) is 0 Å². The summed E-state index contributed by atoms with van der Waals surface area (Å²) in [6.45, 7) is 2.36. The molecule has 16 heavy (non-hydrogen) atoms. The molecule has 2 aliphatic rings. The molecule has 0 nitrogen and oxygen atoms in total. The number of hydrogen-bond acceptors (Lipinski definition) is 0. The van der Waals surface area contributed by atoms with Gasteiger partial charge in [-0.15, -0.1) is 0 Å². The van der Waals surface area contributed by atoms with Crippen molar-refractivity contribution in [2.24, 2.45) is 5.92 Å². The van der Waals surface area contributed by atoms with Gasteiger partial charge in [-0.1, -0.05) is 0 Å². The Hall–Kier alpha value is 1.28. The molecule has 0 aromatic rings. The third-order valence-corrected chi connectivity index (χ3v) is 5.46. The Morgan fingerprint density at radius 3 is 2.31 bits per heavy atom. The van der Waals surface area contributed by atoms with Crippen LogP contribution < -0.4 is 37.2 Å². The SMILES string of the molecule is CC1=[C]([Ti+3])C2=C(CCCC2)C1C[SiH3].[Cl-].[Cl-].[Cl-]. The molecule has 0 heterocycles. The Kier molecular flexibility index (Phi) is 10.3. The fraction of sp³-hybridized carbons (Fsp3) is 0.636. The minimum Gasteiger partial charge on any atom is -1.00 e. The Balaban J connectivity index is 0. The second-order valence-electron chi connectivity index (χ2n) is 4.23. The van der Waals surface area contributed by atoms with Gasteiger partial charge in [-0.25, -0.2) is 0 Å². The fourth-order valence-electron chi connectivity index (χ4n) is 2.82. The molecule has 0 amide bonds. The molecule has 0 N–H and O–H groups in total. The summed E-state index contributed by atoms with van der Waals surface area (Å²) in [7, 11) is 1.35. The van der Waals surface area contributed by atoms with Crippen molar-refractivity contribution in [3.05, 3.63) is 20.6 Å². The van der Waals surface area contributed by atoms with Crippen LogP contribution >= 0.6 is 0 Å². The number of allylic oxidation sites excluding steroid dienone is 4. The average Bonchev–Trinajstić information content (AvgIpc) is 2.41. The second-order valence-corrected chi connectivity index (χ2v) is 5.83. The van der Waals surface area contributed by atoms with E-state index in [0.29, 0.717) is 0 Å². The molecular weight excluding hydrogens is 314 g/mol. The van der Waals surface area contributed by atoms with Gasteiger partial charge in [0.2, 0.25) is 0 Å². The minimum absolute atomic E-state index is 0. The molecule has 1 atom stereocenters. The summed E-state index contributed by atoms with van der Waals surface area (Å²) in [5, 5.41) is 0. The van der Waals surface area contributed by atoms with Gasteiger partial charge in [0.15, 0.2) is 0 Å². The summed E-state index contributed by atoms with van der Waals surface area (Å²) in [5.74, 6) is 0.877. The van der Waals surface area contributed by atoms with E-state index in [-0.39, 0.29) is 37.2 Å². The van der Waals surface area contributed by atoms with E-state index in [1.165, 1.54) is 42.0 Å². The van der Waals surface area contributed by atoms with Crippen LogP contribution in [0.2, 0.25) is 6.04 Å². The summed E-state index contributed by atoms with van der Waals surface area (Å²) >= 11 is 2.34. The smallest absolute Gasteiger partial charge is 1.00 e. The Labute approximate surface area is 132 Å². The van der Waals surface area contributed by atoms with Crippen molar-refractivity contribution >= 4 is 10.2 Å². The first-order valence-electron chi connectivity index (χ1n) is 5.40. The first-order valence-corrected chi connectivity index (χ1v) is 7.59. The summed E-state index contributed by atoms with van der Waals surface area (Å²) in [4.78, 5) is 0. The van der Waals surface area contributed by atoms with Gasteiger partial charge in [-0.05, 0) is 0 Å². The molecule has 0 bridgehead atoms. The molecule has 0 saturated carbocycles. The molecular formula is C11H17Cl3SiTi. The first-order chi connectivity index (χ1) is 6.25. The summed E-state index contributed by atoms with van der Waals surface area (Å²) in [6, 6.07) is 1.45. The molecule has 0 saturated heterocycles. The van der Waals surface area contributed by atoms with E-state index < -0.39 is 0 Å². The van der Waals surface area contributed by atoms with Crippen molar-refractivity contribution in [2.75, 3.05) is 0 Å². The predicted molar refractivity (Wildman–Crippen MR) is 56.4 cm³/mol. The summed E-state index contributed by atoms with van der Waals surface area (Å²) in [6.07, 6.45) is 5.64. The summed E-state index contributed by atoms with van der Waals surface area (Å²) < 4.78 is 1.65. The van der Waals surface area contributed by atoms with Crippen LogP contribution in [-0.4, -0.2) is 10.2 Å². The molecule has 1 unspecified atom stereocenters. The number of halogens is 3. The van der Waals surface area contributed by atoms with Crippen molar-refractivity contribution in [1.82, 2.24) is 0 Å². The topological polar surface area (TPSA) is 0 Å². The van der Waals surface area contributed by atoms with Gasteiger partial charge in [-0.2, -0.15) is 0 Å². The molecule has 0 fully saturated rings. The monoisotopic (exact) mass is 330 g/mol. The molecule has 0 aliphatic heterocycles. The van der Waals surface area contributed by atoms with Gasteiger partial charge in [0.25, 0.3) is 0 Å². The van der Waals surface area contributed by atoms with Crippen LogP contribution in [0, 0.1) is 5.92 Å². The maximum atomic E-state index is 2.36. The average molecular weight is 332 g/mol. The van der Waals surface area contributed by atoms with Gasteiger partial charge in [0.1, 0.15) is 0 Å². The second kappa shape index (κ2) is 8.39. The van der Waals surface area contributed by atoms with E-state index in [4.69, 9.17) is 0 Å². The van der Waals surface area contributed by atoms with Crippen molar-refractivity contribution in [2.45, 2.75) is 38.7 Å². The third-order valence-electron chi connectivity index (χ3n) is 3.56. The minimum atomic E-state index is 0. The predicted octanol–water partition coefficient (Wildman–Crippen LogP) is -6.90. The quantitative estimate of drug-likeness (QED) is 0.419. The summed E-state index contributed by atoms with van der Waals surface area (Å²) in [5.41, 5.74) is 5.28. The first kappa shape index (κ1) is 19.6. The van der Waals surface area contributed by atoms with E-state index in [0.717, 1.165) is 5.92 Å². The standard InChI is InChI=1S/C11H17Si.3ClH.Ti/c1-8-6-9-4-2-3-5-10(9)11(8)7-12;;;;/h11H,2-5,7H2,1,12H3;3*1H;/q;;;;+3/p-3. The van der Waals surface area contributed by atoms with E-state index in [9.17, 15) is 0 Å². The third kappa shape index (κ3) is 3.40. The molecule has 0 aromatic heterocycles. The maximum absolute atomic E-state index is 2.36. The van der Waals surface area contributed by atoms with Crippen LogP contribution in [0.4, 0.5) is 0 Å². The molecule has 0 aromatic carbocycles. The van der Waals surface area contributed by atoms with Crippen LogP contribution in [0.25, 0.3) is 0 Å². The largest absolute Gasteiger partial charge is 1.00 e. The Morgan fingerprint density at radius 1 is 1.19 bits per heavy atom. The Bertz CT molecular complexity index is 300. The molecule has 2 rings (SSSR count). The van der Waals surface area contributed by atoms with E-state index >= 15 is 0 Å². The van der Waals surface area contributed by atoms with Crippen molar-refractivity contribution in [1.29, 1.82) is 0 Å². The molecule has 0 spiro atoms. The van der Waals surface area contributed by atoms with Crippen LogP contribution in [0.3, 0.4) is 0 Å². The number of hydrogen-bond donors (Lipinski definition) is 0. The molecule has 0 radical (unpaired) electrons. The zero-order valence-electron chi connectivity index (χ0n) is 9.75. The van der Waals surface area contributed by atoms with Crippen LogP contribution in [0.15, 0.2) is 20.6 Å². The van der Waals surface area contributed by atoms with Gasteiger partial charge in [0, 0.05) is 0 Å². The van der Waals surface area contributed by atoms with Crippen LogP contribution in [-0.2, 0) is 20.4 Å². The molecule has 90 valence electrons. The van der Waals surface area contributed by atoms with E-state index in [1.54, 1.807) is 15.0 Å². The fourth-order valence-corrected chi connectivity index (χ4v) is 4.65. The van der Waals surface area contributed by atoms with Crippen LogP contribution in [0.1, 0.15) is 32.6 Å². The number of rotatable bonds is 1. The van der Waals surface area contributed by atoms with Gasteiger partial charge in [0.05, 0.1) is 0 Å². The normalized spacial score (nSPS) is 23.3. The van der Waals surface area contributed by atoms with Gasteiger partial charge < -0.3 is 37.2 Å². The molecule has 2 aliphatic carbocycles. The van der Waals surface area contributed by atoms with E-state index in [2.05, 4.69) is 27.4 Å². The maximum Gasteiger partial charge on any atom is -1.00 e.